The summed E-state index contributed by atoms with van der Waals surface area (Å²) in [6, 6.07) is 23.4. The fourth-order valence-electron chi connectivity index (χ4n) is 8.90. The molecule has 8 nitrogen and oxygen atoms in total. The van der Waals surface area contributed by atoms with E-state index >= 15 is 0 Å². The lowest BCUT2D eigenvalue weighted by Crippen LogP contribution is -2.34. The Kier molecular flexibility index (Phi) is 6.44. The summed E-state index contributed by atoms with van der Waals surface area (Å²) in [7, 11) is 3.29. The Morgan fingerprint density at radius 1 is 0.417 bits per heavy atom. The maximum atomic E-state index is 10.8. The number of hydrogen-bond acceptors (Lipinski definition) is 8. The van der Waals surface area contributed by atoms with Gasteiger partial charge in [-0.3, -0.25) is 0 Å². The lowest BCUT2D eigenvalue weighted by atomic mass is 9.55. The predicted octanol–water partition coefficient (Wildman–Crippen LogP) is 6.53. The smallest absolute Gasteiger partial charge is 0.157 e. The van der Waals surface area contributed by atoms with E-state index in [2.05, 4.69) is 24.3 Å². The minimum atomic E-state index is -0.321. The van der Waals surface area contributed by atoms with Gasteiger partial charge in [0.1, 0.15) is 24.7 Å². The molecular formula is C40H34O8. The Morgan fingerprint density at radius 3 is 0.938 bits per heavy atom. The average Bonchev–Trinajstić information content (AvgIpc) is 3.09. The fraction of sp³-hybridized carbons (Fsp3) is 0.250. The highest BCUT2D eigenvalue weighted by molar-refractivity contribution is 5.83. The standard InChI is InChI=1S/C40H34O8/c1-45-11-13-47-39-35-31-19-7-3-5-9-21(19)33(25-17-29(43)27(41)15-23(25)31)37(35)40(48-14-12-46-2)38-34-22-10-6-4-8-20(22)32(36(38)39)24-16-28(42)30(44)18-26(24)34/h3-10,15-18,31-34,41-44H,11-14H2,1-2H3/t31-,32-,33+,34+. The molecule has 0 aliphatic heterocycles. The van der Waals surface area contributed by atoms with Crippen molar-refractivity contribution in [1.82, 2.24) is 0 Å². The molecule has 0 heterocycles. The highest BCUT2D eigenvalue weighted by Crippen LogP contribution is 2.68. The number of hydrogen-bond donors (Lipinski definition) is 4. The molecule has 4 bridgehead atoms. The van der Waals surface area contributed by atoms with Gasteiger partial charge in [0.15, 0.2) is 23.0 Å². The van der Waals surface area contributed by atoms with Crippen LogP contribution in [0.3, 0.4) is 0 Å². The van der Waals surface area contributed by atoms with Crippen molar-refractivity contribution >= 4 is 0 Å². The lowest BCUT2D eigenvalue weighted by Gasteiger charge is -2.49. The van der Waals surface area contributed by atoms with Crippen LogP contribution in [-0.4, -0.2) is 61.1 Å². The van der Waals surface area contributed by atoms with E-state index < -0.39 is 0 Å². The lowest BCUT2D eigenvalue weighted by molar-refractivity contribution is 0.141. The summed E-state index contributed by atoms with van der Waals surface area (Å²) >= 11 is 0. The minimum absolute atomic E-state index is 0.172. The van der Waals surface area contributed by atoms with E-state index in [4.69, 9.17) is 18.9 Å². The second-order valence-electron chi connectivity index (χ2n) is 12.9. The van der Waals surface area contributed by atoms with Crippen LogP contribution in [0.25, 0.3) is 0 Å². The van der Waals surface area contributed by atoms with E-state index in [9.17, 15) is 20.4 Å². The second kappa shape index (κ2) is 10.7. The second-order valence-corrected chi connectivity index (χ2v) is 12.9. The molecule has 0 radical (unpaired) electrons. The van der Waals surface area contributed by atoms with E-state index in [1.807, 2.05) is 24.3 Å². The van der Waals surface area contributed by atoms with E-state index in [0.29, 0.717) is 26.4 Å². The predicted molar refractivity (Wildman–Crippen MR) is 177 cm³/mol. The summed E-state index contributed by atoms with van der Waals surface area (Å²) in [6.07, 6.45) is 0. The largest absolute Gasteiger partial charge is 0.504 e. The van der Waals surface area contributed by atoms with Gasteiger partial charge in [-0.2, -0.15) is 0 Å². The third kappa shape index (κ3) is 3.78. The molecule has 0 saturated heterocycles. The maximum absolute atomic E-state index is 10.8. The summed E-state index contributed by atoms with van der Waals surface area (Å²) in [4.78, 5) is 0. The van der Waals surface area contributed by atoms with Crippen molar-refractivity contribution in [3.8, 4) is 34.5 Å². The van der Waals surface area contributed by atoms with Crippen LogP contribution in [0.4, 0.5) is 0 Å². The molecule has 0 amide bonds. The van der Waals surface area contributed by atoms with Crippen molar-refractivity contribution in [3.63, 3.8) is 0 Å². The van der Waals surface area contributed by atoms with Crippen LogP contribution in [0.15, 0.2) is 72.8 Å². The van der Waals surface area contributed by atoms with Crippen LogP contribution >= 0.6 is 0 Å². The molecule has 0 fully saturated rings. The zero-order valence-corrected chi connectivity index (χ0v) is 26.5. The van der Waals surface area contributed by atoms with Crippen molar-refractivity contribution in [2.45, 2.75) is 23.7 Å². The van der Waals surface area contributed by atoms with Crippen LogP contribution in [0.5, 0.6) is 34.5 Å². The molecule has 5 aromatic rings. The van der Waals surface area contributed by atoms with Gasteiger partial charge in [-0.15, -0.1) is 0 Å². The minimum Gasteiger partial charge on any atom is -0.504 e. The molecule has 0 spiro atoms. The van der Waals surface area contributed by atoms with Gasteiger partial charge in [-0.05, 0) is 68.8 Å². The first-order chi connectivity index (χ1) is 23.4. The van der Waals surface area contributed by atoms with Crippen LogP contribution in [0.2, 0.25) is 0 Å². The molecule has 242 valence electrons. The molecule has 48 heavy (non-hydrogen) atoms. The van der Waals surface area contributed by atoms with Gasteiger partial charge in [0.25, 0.3) is 0 Å². The molecule has 11 rings (SSSR count). The monoisotopic (exact) mass is 642 g/mol. The molecular weight excluding hydrogens is 608 g/mol. The third-order valence-corrected chi connectivity index (χ3v) is 10.6. The summed E-state index contributed by atoms with van der Waals surface area (Å²) in [5.41, 5.74) is 11.9. The van der Waals surface area contributed by atoms with E-state index in [-0.39, 0.29) is 46.7 Å². The van der Waals surface area contributed by atoms with Crippen molar-refractivity contribution in [1.29, 1.82) is 0 Å². The Hall–Kier alpha value is -5.18. The van der Waals surface area contributed by atoms with E-state index in [0.717, 1.165) is 78.3 Å². The first kappa shape index (κ1) is 29.0. The van der Waals surface area contributed by atoms with Crippen molar-refractivity contribution < 1.29 is 39.4 Å². The number of phenolic OH excluding ortho intramolecular Hbond substituents is 4. The van der Waals surface area contributed by atoms with Gasteiger partial charge in [-0.1, -0.05) is 48.5 Å². The normalized spacial score (nSPS) is 19.9. The SMILES string of the molecule is COCCOc1c2c(c(OCCOC)c3c1[C@@H]1c4ccccc4[C@H]3c3cc(O)c(O)cc31)[C@H]1c3ccccc3[C@@H]2c2cc(O)c(O)cc21. The zero-order chi connectivity index (χ0) is 32.8. The first-order valence-electron chi connectivity index (χ1n) is 16.2. The summed E-state index contributed by atoms with van der Waals surface area (Å²) in [5.74, 6) is -0.497. The number of aromatic hydroxyl groups is 4. The van der Waals surface area contributed by atoms with E-state index in [1.165, 1.54) is 0 Å². The zero-order valence-electron chi connectivity index (χ0n) is 26.5. The first-order valence-corrected chi connectivity index (χ1v) is 16.2. The maximum Gasteiger partial charge on any atom is 0.157 e. The van der Waals surface area contributed by atoms with Gasteiger partial charge in [0.2, 0.25) is 0 Å². The van der Waals surface area contributed by atoms with Crippen molar-refractivity contribution in [2.75, 3.05) is 40.6 Å². The molecule has 0 unspecified atom stereocenters. The summed E-state index contributed by atoms with van der Waals surface area (Å²) < 4.78 is 24.7. The number of phenols is 4. The van der Waals surface area contributed by atoms with Gasteiger partial charge in [-0.25, -0.2) is 0 Å². The summed E-state index contributed by atoms with van der Waals surface area (Å²) in [6.45, 7) is 1.36. The third-order valence-electron chi connectivity index (χ3n) is 10.6. The topological polar surface area (TPSA) is 118 Å². The molecule has 0 saturated carbocycles. The van der Waals surface area contributed by atoms with Crippen molar-refractivity contribution in [2.24, 2.45) is 0 Å². The van der Waals surface area contributed by atoms with Gasteiger partial charge < -0.3 is 39.4 Å². The Labute approximate surface area is 277 Å². The molecule has 8 heteroatoms. The molecule has 5 aromatic carbocycles. The van der Waals surface area contributed by atoms with Crippen LogP contribution in [0, 0.1) is 0 Å². The Bertz CT molecular complexity index is 1860. The molecule has 6 aliphatic carbocycles. The van der Waals surface area contributed by atoms with Gasteiger partial charge in [0.05, 0.1) is 13.2 Å². The van der Waals surface area contributed by atoms with E-state index in [1.54, 1.807) is 38.5 Å². The van der Waals surface area contributed by atoms with Gasteiger partial charge in [0, 0.05) is 60.1 Å². The molecule has 0 aromatic heterocycles. The quantitative estimate of drug-likeness (QED) is 0.109. The van der Waals surface area contributed by atoms with Crippen LogP contribution < -0.4 is 9.47 Å². The molecule has 6 aliphatic rings. The average molecular weight is 643 g/mol. The molecule has 4 N–H and O–H groups in total. The highest BCUT2D eigenvalue weighted by Gasteiger charge is 2.52. The number of rotatable bonds is 8. The fourth-order valence-corrected chi connectivity index (χ4v) is 8.90. The van der Waals surface area contributed by atoms with Gasteiger partial charge >= 0.3 is 0 Å². The number of ether oxygens (including phenoxy) is 4. The van der Waals surface area contributed by atoms with Crippen LogP contribution in [-0.2, 0) is 9.47 Å². The Balaban J connectivity index is 1.43. The van der Waals surface area contributed by atoms with Crippen molar-refractivity contribution in [3.05, 3.63) is 140 Å². The number of methoxy groups -OCH3 is 2. The van der Waals surface area contributed by atoms with Crippen LogP contribution in [0.1, 0.15) is 90.4 Å². The Morgan fingerprint density at radius 2 is 0.688 bits per heavy atom. The highest BCUT2D eigenvalue weighted by atomic mass is 16.5. The summed E-state index contributed by atoms with van der Waals surface area (Å²) in [5, 5.41) is 43.2. The molecule has 4 atom stereocenters. The number of benzene rings is 5.